The van der Waals surface area contributed by atoms with E-state index in [0.29, 0.717) is 17.9 Å². The Morgan fingerprint density at radius 1 is 1.29 bits per heavy atom. The van der Waals surface area contributed by atoms with Gasteiger partial charge in [0.2, 0.25) is 0 Å². The van der Waals surface area contributed by atoms with Gasteiger partial charge in [0, 0.05) is 36.1 Å². The number of fused-ring (bicyclic) bond motifs is 2. The summed E-state index contributed by atoms with van der Waals surface area (Å²) in [5.41, 5.74) is 7.87. The molecule has 2 N–H and O–H groups in total. The zero-order valence-electron chi connectivity index (χ0n) is 20.9. The molecule has 3 atom stereocenters. The molecule has 4 heterocycles. The van der Waals surface area contributed by atoms with Gasteiger partial charge in [-0.05, 0) is 55.7 Å². The standard InChI is InChI=1S/C30H35N5/c1-5-21(3)28(6-2)35-20-24(29-19-33-30-13-9-10-16-34(29)30)17-27(22(35)4)31-15-14-23-18-32-26-12-8-7-11-25(23)26/h6-13,16-21,25-26,31-32H,4-5,14-15H2,1-3H3/b28-6-. The fraction of sp³-hybridized carbons (Fsp3) is 0.300. The predicted molar refractivity (Wildman–Crippen MR) is 145 cm³/mol. The van der Waals surface area contributed by atoms with E-state index in [4.69, 9.17) is 0 Å². The minimum absolute atomic E-state index is 0.395. The lowest BCUT2D eigenvalue weighted by Crippen LogP contribution is -2.30. The second-order valence-electron chi connectivity index (χ2n) is 9.44. The summed E-state index contributed by atoms with van der Waals surface area (Å²) in [5.74, 6) is 0.879. The van der Waals surface area contributed by atoms with Gasteiger partial charge in [0.05, 0.1) is 29.3 Å². The van der Waals surface area contributed by atoms with Crippen LogP contribution in [0.3, 0.4) is 0 Å². The third-order valence-corrected chi connectivity index (χ3v) is 7.33. The third-order valence-electron chi connectivity index (χ3n) is 7.33. The van der Waals surface area contributed by atoms with Crippen molar-refractivity contribution in [2.24, 2.45) is 11.8 Å². The Morgan fingerprint density at radius 3 is 2.97 bits per heavy atom. The van der Waals surface area contributed by atoms with E-state index < -0.39 is 0 Å². The zero-order chi connectivity index (χ0) is 24.4. The average molecular weight is 466 g/mol. The van der Waals surface area contributed by atoms with E-state index in [1.54, 1.807) is 0 Å². The summed E-state index contributed by atoms with van der Waals surface area (Å²) in [4.78, 5) is 6.88. The van der Waals surface area contributed by atoms with Crippen LogP contribution in [0.1, 0.15) is 39.3 Å². The van der Waals surface area contributed by atoms with E-state index in [1.165, 1.54) is 11.3 Å². The second-order valence-corrected chi connectivity index (χ2v) is 9.44. The highest BCUT2D eigenvalue weighted by Crippen LogP contribution is 2.34. The number of pyridine rings is 1. The topological polar surface area (TPSA) is 44.6 Å². The molecule has 0 radical (unpaired) electrons. The SMILES string of the molecule is C=C1C(NCCC2=CNC3C=CC=CC23)=CC(c2cnc3ccccn23)=CN1/C(=C\C)C(C)CC. The largest absolute Gasteiger partial charge is 0.384 e. The van der Waals surface area contributed by atoms with Crippen molar-refractivity contribution in [2.45, 2.75) is 39.7 Å². The van der Waals surface area contributed by atoms with Crippen molar-refractivity contribution in [1.29, 1.82) is 0 Å². The molecule has 5 nitrogen and oxygen atoms in total. The maximum absolute atomic E-state index is 4.62. The summed E-state index contributed by atoms with van der Waals surface area (Å²) in [6.45, 7) is 12.0. The molecule has 5 heteroatoms. The van der Waals surface area contributed by atoms with Crippen LogP contribution in [0.15, 0.2) is 109 Å². The van der Waals surface area contributed by atoms with Crippen LogP contribution in [-0.2, 0) is 0 Å². The van der Waals surface area contributed by atoms with Crippen LogP contribution in [0, 0.1) is 11.8 Å². The van der Waals surface area contributed by atoms with Crippen LogP contribution in [-0.4, -0.2) is 26.9 Å². The molecule has 2 aromatic heterocycles. The van der Waals surface area contributed by atoms with Crippen molar-refractivity contribution in [3.63, 3.8) is 0 Å². The molecule has 2 aromatic rings. The number of nitrogens with zero attached hydrogens (tertiary/aromatic N) is 3. The average Bonchev–Trinajstić information content (AvgIpc) is 3.50. The second kappa shape index (κ2) is 9.87. The normalized spacial score (nSPS) is 22.5. The van der Waals surface area contributed by atoms with Gasteiger partial charge >= 0.3 is 0 Å². The van der Waals surface area contributed by atoms with E-state index in [9.17, 15) is 0 Å². The van der Waals surface area contributed by atoms with Crippen LogP contribution in [0.25, 0.3) is 11.2 Å². The molecule has 0 bridgehead atoms. The van der Waals surface area contributed by atoms with E-state index in [2.05, 4.69) is 107 Å². The van der Waals surface area contributed by atoms with E-state index in [-0.39, 0.29) is 0 Å². The fourth-order valence-electron chi connectivity index (χ4n) is 5.16. The molecule has 2 aliphatic heterocycles. The van der Waals surface area contributed by atoms with Crippen LogP contribution in [0.2, 0.25) is 0 Å². The molecule has 0 spiro atoms. The lowest BCUT2D eigenvalue weighted by atomic mass is 9.90. The molecule has 3 unspecified atom stereocenters. The van der Waals surface area contributed by atoms with Gasteiger partial charge < -0.3 is 15.5 Å². The van der Waals surface area contributed by atoms with Crippen LogP contribution < -0.4 is 10.6 Å². The van der Waals surface area contributed by atoms with E-state index in [0.717, 1.165) is 47.7 Å². The van der Waals surface area contributed by atoms with Crippen molar-refractivity contribution in [3.05, 3.63) is 114 Å². The molecule has 0 aromatic carbocycles. The van der Waals surface area contributed by atoms with Gasteiger partial charge in [-0.1, -0.05) is 56.9 Å². The molecule has 35 heavy (non-hydrogen) atoms. The van der Waals surface area contributed by atoms with E-state index >= 15 is 0 Å². The number of aromatic nitrogens is 2. The highest BCUT2D eigenvalue weighted by atomic mass is 15.2. The lowest BCUT2D eigenvalue weighted by Gasteiger charge is -2.34. The van der Waals surface area contributed by atoms with Crippen molar-refractivity contribution in [2.75, 3.05) is 6.54 Å². The van der Waals surface area contributed by atoms with Crippen molar-refractivity contribution in [3.8, 4) is 0 Å². The lowest BCUT2D eigenvalue weighted by molar-refractivity contribution is 0.463. The summed E-state index contributed by atoms with van der Waals surface area (Å²) in [6, 6.07) is 6.50. The van der Waals surface area contributed by atoms with Gasteiger partial charge in [-0.15, -0.1) is 0 Å². The Labute approximate surface area is 208 Å². The maximum Gasteiger partial charge on any atom is 0.137 e. The Bertz CT molecular complexity index is 1300. The highest BCUT2D eigenvalue weighted by Gasteiger charge is 2.27. The first-order chi connectivity index (χ1) is 17.1. The van der Waals surface area contributed by atoms with Crippen molar-refractivity contribution < 1.29 is 0 Å². The van der Waals surface area contributed by atoms with Gasteiger partial charge in [0.15, 0.2) is 0 Å². The monoisotopic (exact) mass is 465 g/mol. The summed E-state index contributed by atoms with van der Waals surface area (Å²) in [5, 5.41) is 7.21. The predicted octanol–water partition coefficient (Wildman–Crippen LogP) is 5.92. The molecule has 5 rings (SSSR count). The molecular formula is C30H35N5. The Hall–Kier alpha value is -3.73. The number of rotatable bonds is 8. The van der Waals surface area contributed by atoms with Crippen LogP contribution in [0.5, 0.6) is 0 Å². The fourth-order valence-corrected chi connectivity index (χ4v) is 5.16. The van der Waals surface area contributed by atoms with E-state index in [1.807, 2.05) is 24.4 Å². The summed E-state index contributed by atoms with van der Waals surface area (Å²) >= 11 is 0. The zero-order valence-corrected chi connectivity index (χ0v) is 20.9. The molecule has 0 amide bonds. The number of hydrogen-bond acceptors (Lipinski definition) is 4. The highest BCUT2D eigenvalue weighted by molar-refractivity contribution is 5.77. The Balaban J connectivity index is 1.41. The molecule has 3 aliphatic rings. The number of imidazole rings is 1. The summed E-state index contributed by atoms with van der Waals surface area (Å²) in [6.07, 6.45) is 23.7. The molecule has 0 saturated heterocycles. The number of allylic oxidation sites excluding steroid dienone is 6. The molecule has 0 fully saturated rings. The van der Waals surface area contributed by atoms with Gasteiger partial charge in [-0.3, -0.25) is 4.40 Å². The van der Waals surface area contributed by atoms with Gasteiger partial charge in [-0.25, -0.2) is 4.98 Å². The summed E-state index contributed by atoms with van der Waals surface area (Å²) < 4.78 is 2.14. The Morgan fingerprint density at radius 2 is 2.14 bits per heavy atom. The first kappa shape index (κ1) is 23.0. The maximum atomic E-state index is 4.62. The number of hydrogen-bond donors (Lipinski definition) is 2. The van der Waals surface area contributed by atoms with Crippen LogP contribution >= 0.6 is 0 Å². The van der Waals surface area contributed by atoms with Gasteiger partial charge in [-0.2, -0.15) is 0 Å². The quantitative estimate of drug-likeness (QED) is 0.508. The molecule has 1 aliphatic carbocycles. The molecule has 180 valence electrons. The summed E-state index contributed by atoms with van der Waals surface area (Å²) in [7, 11) is 0. The van der Waals surface area contributed by atoms with Crippen molar-refractivity contribution in [1.82, 2.24) is 24.9 Å². The third kappa shape index (κ3) is 4.39. The van der Waals surface area contributed by atoms with Crippen molar-refractivity contribution >= 4 is 11.2 Å². The molecular weight excluding hydrogens is 430 g/mol. The smallest absolute Gasteiger partial charge is 0.137 e. The van der Waals surface area contributed by atoms with Crippen LogP contribution in [0.4, 0.5) is 0 Å². The first-order valence-electron chi connectivity index (χ1n) is 12.6. The minimum atomic E-state index is 0.395. The Kier molecular flexibility index (Phi) is 6.49. The van der Waals surface area contributed by atoms with Gasteiger partial charge in [0.1, 0.15) is 5.65 Å². The first-order valence-corrected chi connectivity index (χ1v) is 12.6. The molecule has 0 saturated carbocycles. The number of nitrogens with one attached hydrogen (secondary N) is 2. The van der Waals surface area contributed by atoms with Gasteiger partial charge in [0.25, 0.3) is 0 Å². The minimum Gasteiger partial charge on any atom is -0.384 e.